The molecule has 1 aliphatic heterocycles. The summed E-state index contributed by atoms with van der Waals surface area (Å²) < 4.78 is 35.5. The minimum Gasteiger partial charge on any atom is -0.371 e. The molecule has 1 unspecified atom stereocenters. The average molecular weight is 382 g/mol. The molecule has 0 aliphatic carbocycles. The van der Waals surface area contributed by atoms with Gasteiger partial charge in [0.25, 0.3) is 0 Å². The van der Waals surface area contributed by atoms with Crippen LogP contribution in [0.4, 0.5) is 0 Å². The van der Waals surface area contributed by atoms with Gasteiger partial charge in [-0.1, -0.05) is 6.07 Å². The molecule has 0 bridgehead atoms. The Balaban J connectivity index is 1.60. The number of rotatable bonds is 4. The van der Waals surface area contributed by atoms with Gasteiger partial charge in [0.1, 0.15) is 12.4 Å². The third-order valence-corrected chi connectivity index (χ3v) is 6.07. The molecular weight excluding hydrogens is 364 g/mol. The van der Waals surface area contributed by atoms with E-state index < -0.39 is 10.0 Å². The Hall–Kier alpha value is -2.73. The van der Waals surface area contributed by atoms with Gasteiger partial charge in [-0.15, -0.1) is 0 Å². The number of ether oxygens (including phenoxy) is 1. The zero-order valence-corrected chi connectivity index (χ0v) is 15.5. The van der Waals surface area contributed by atoms with Crippen LogP contribution in [0.3, 0.4) is 0 Å². The van der Waals surface area contributed by atoms with Crippen molar-refractivity contribution in [3.05, 3.63) is 59.4 Å². The lowest BCUT2D eigenvalue weighted by Gasteiger charge is -2.26. The van der Waals surface area contributed by atoms with E-state index in [1.807, 2.05) is 25.1 Å². The molecule has 1 aliphatic rings. The van der Waals surface area contributed by atoms with Crippen LogP contribution < -0.4 is 4.72 Å². The van der Waals surface area contributed by atoms with Crippen LogP contribution in [0.25, 0.3) is 11.0 Å². The highest BCUT2D eigenvalue weighted by Gasteiger charge is 2.26. The second-order valence-corrected chi connectivity index (χ2v) is 8.31. The van der Waals surface area contributed by atoms with Crippen LogP contribution in [-0.2, 0) is 21.4 Å². The summed E-state index contributed by atoms with van der Waals surface area (Å²) >= 11 is 0. The van der Waals surface area contributed by atoms with Crippen molar-refractivity contribution in [3.63, 3.8) is 0 Å². The van der Waals surface area contributed by atoms with Gasteiger partial charge in [-0.05, 0) is 48.9 Å². The first-order chi connectivity index (χ1) is 13.0. The van der Waals surface area contributed by atoms with E-state index in [0.717, 1.165) is 22.4 Å². The van der Waals surface area contributed by atoms with E-state index in [0.29, 0.717) is 18.8 Å². The SMILES string of the molecule is Cc1ccc2nc3n(c2c1)C(CNS(=O)(=O)c1ccc(C#N)cc1)COC3. The largest absolute Gasteiger partial charge is 0.371 e. The number of nitrogens with one attached hydrogen (secondary N) is 1. The summed E-state index contributed by atoms with van der Waals surface area (Å²) in [5.41, 5.74) is 3.39. The number of nitriles is 1. The third-order valence-electron chi connectivity index (χ3n) is 4.63. The molecule has 0 fully saturated rings. The molecule has 2 aromatic carbocycles. The Kier molecular flexibility index (Phi) is 4.44. The van der Waals surface area contributed by atoms with Crippen LogP contribution in [0, 0.1) is 18.3 Å². The summed E-state index contributed by atoms with van der Waals surface area (Å²) in [6.07, 6.45) is 0. The molecule has 0 radical (unpaired) electrons. The monoisotopic (exact) mass is 382 g/mol. The molecule has 1 atom stereocenters. The molecular formula is C19H18N4O3S. The molecule has 1 aromatic heterocycles. The number of hydrogen-bond donors (Lipinski definition) is 1. The number of fused-ring (bicyclic) bond motifs is 3. The van der Waals surface area contributed by atoms with Crippen LogP contribution >= 0.6 is 0 Å². The topological polar surface area (TPSA) is 97.0 Å². The summed E-state index contributed by atoms with van der Waals surface area (Å²) in [5, 5.41) is 8.85. The number of imidazole rings is 1. The predicted octanol–water partition coefficient (Wildman–Crippen LogP) is 2.27. The molecule has 0 amide bonds. The van der Waals surface area contributed by atoms with Crippen molar-refractivity contribution in [1.29, 1.82) is 5.26 Å². The van der Waals surface area contributed by atoms with E-state index in [1.165, 1.54) is 24.3 Å². The van der Waals surface area contributed by atoms with E-state index in [-0.39, 0.29) is 17.5 Å². The van der Waals surface area contributed by atoms with Crippen LogP contribution in [0.1, 0.15) is 23.0 Å². The fraction of sp³-hybridized carbons (Fsp3) is 0.263. The quantitative estimate of drug-likeness (QED) is 0.747. The Bertz CT molecular complexity index is 1140. The lowest BCUT2D eigenvalue weighted by molar-refractivity contribution is 0.0581. The van der Waals surface area contributed by atoms with Gasteiger partial charge in [-0.2, -0.15) is 5.26 Å². The summed E-state index contributed by atoms with van der Waals surface area (Å²) in [5.74, 6) is 0.796. The predicted molar refractivity (Wildman–Crippen MR) is 99.5 cm³/mol. The summed E-state index contributed by atoms with van der Waals surface area (Å²) in [6.45, 7) is 3.02. The van der Waals surface area contributed by atoms with Crippen molar-refractivity contribution < 1.29 is 13.2 Å². The molecule has 2 heterocycles. The Labute approximate surface area is 157 Å². The van der Waals surface area contributed by atoms with E-state index in [2.05, 4.69) is 20.3 Å². The van der Waals surface area contributed by atoms with Crippen molar-refractivity contribution >= 4 is 21.1 Å². The average Bonchev–Trinajstić information content (AvgIpc) is 3.05. The first kappa shape index (κ1) is 17.7. The molecule has 7 nitrogen and oxygen atoms in total. The highest BCUT2D eigenvalue weighted by atomic mass is 32.2. The molecule has 0 saturated carbocycles. The normalized spacial score (nSPS) is 16.8. The van der Waals surface area contributed by atoms with Gasteiger partial charge in [0.05, 0.1) is 40.2 Å². The number of hydrogen-bond acceptors (Lipinski definition) is 5. The van der Waals surface area contributed by atoms with E-state index in [1.54, 1.807) is 0 Å². The minimum atomic E-state index is -3.68. The smallest absolute Gasteiger partial charge is 0.240 e. The highest BCUT2D eigenvalue weighted by Crippen LogP contribution is 2.26. The maximum atomic E-state index is 12.6. The number of benzene rings is 2. The van der Waals surface area contributed by atoms with Gasteiger partial charge in [-0.25, -0.2) is 18.1 Å². The van der Waals surface area contributed by atoms with Crippen LogP contribution in [0.5, 0.6) is 0 Å². The number of sulfonamides is 1. The van der Waals surface area contributed by atoms with Crippen molar-refractivity contribution in [1.82, 2.24) is 14.3 Å². The lowest BCUT2D eigenvalue weighted by Crippen LogP contribution is -2.35. The molecule has 0 spiro atoms. The zero-order chi connectivity index (χ0) is 19.0. The first-order valence-corrected chi connectivity index (χ1v) is 10.0. The van der Waals surface area contributed by atoms with Crippen molar-refractivity contribution in [2.75, 3.05) is 13.2 Å². The summed E-state index contributed by atoms with van der Waals surface area (Å²) in [4.78, 5) is 4.73. The summed E-state index contributed by atoms with van der Waals surface area (Å²) in [6, 6.07) is 13.7. The summed E-state index contributed by atoms with van der Waals surface area (Å²) in [7, 11) is -3.68. The maximum absolute atomic E-state index is 12.6. The second kappa shape index (κ2) is 6.78. The highest BCUT2D eigenvalue weighted by molar-refractivity contribution is 7.89. The third kappa shape index (κ3) is 3.32. The zero-order valence-electron chi connectivity index (χ0n) is 14.7. The van der Waals surface area contributed by atoms with Crippen LogP contribution in [0.15, 0.2) is 47.4 Å². The molecule has 8 heteroatoms. The first-order valence-electron chi connectivity index (χ1n) is 8.53. The number of aryl methyl sites for hydroxylation is 1. The van der Waals surface area contributed by atoms with Crippen molar-refractivity contribution in [2.45, 2.75) is 24.5 Å². The Morgan fingerprint density at radius 2 is 2.07 bits per heavy atom. The lowest BCUT2D eigenvalue weighted by atomic mass is 10.2. The fourth-order valence-electron chi connectivity index (χ4n) is 3.27. The van der Waals surface area contributed by atoms with Gasteiger partial charge < -0.3 is 9.30 Å². The standard InChI is InChI=1S/C19H18N4O3S/c1-13-2-7-17-18(8-13)23-15(11-26-12-19(23)22-17)10-21-27(24,25)16-5-3-14(9-20)4-6-16/h2-8,15,21H,10-12H2,1H3. The van der Waals surface area contributed by atoms with E-state index >= 15 is 0 Å². The van der Waals surface area contributed by atoms with E-state index in [9.17, 15) is 8.42 Å². The van der Waals surface area contributed by atoms with Gasteiger partial charge in [0.15, 0.2) is 0 Å². The van der Waals surface area contributed by atoms with Gasteiger partial charge in [0, 0.05) is 6.54 Å². The second-order valence-electron chi connectivity index (χ2n) is 6.55. The van der Waals surface area contributed by atoms with E-state index in [4.69, 9.17) is 10.00 Å². The molecule has 138 valence electrons. The Morgan fingerprint density at radius 3 is 2.81 bits per heavy atom. The van der Waals surface area contributed by atoms with Gasteiger partial charge >= 0.3 is 0 Å². The van der Waals surface area contributed by atoms with Crippen molar-refractivity contribution in [2.24, 2.45) is 0 Å². The number of aromatic nitrogens is 2. The maximum Gasteiger partial charge on any atom is 0.240 e. The molecule has 0 saturated heterocycles. The number of nitrogens with zero attached hydrogens (tertiary/aromatic N) is 3. The Morgan fingerprint density at radius 1 is 1.30 bits per heavy atom. The molecule has 27 heavy (non-hydrogen) atoms. The molecule has 3 aromatic rings. The minimum absolute atomic E-state index is 0.129. The van der Waals surface area contributed by atoms with Crippen molar-refractivity contribution in [3.8, 4) is 6.07 Å². The van der Waals surface area contributed by atoms with Gasteiger partial charge in [0.2, 0.25) is 10.0 Å². The molecule has 4 rings (SSSR count). The fourth-order valence-corrected chi connectivity index (χ4v) is 4.34. The van der Waals surface area contributed by atoms with Gasteiger partial charge in [-0.3, -0.25) is 0 Å². The van der Waals surface area contributed by atoms with Crippen LogP contribution in [0.2, 0.25) is 0 Å². The van der Waals surface area contributed by atoms with Crippen LogP contribution in [-0.4, -0.2) is 31.1 Å². The molecule has 1 N–H and O–H groups in total.